The van der Waals surface area contributed by atoms with E-state index in [1.165, 1.54) is 32.1 Å². The van der Waals surface area contributed by atoms with Gasteiger partial charge in [-0.2, -0.15) is 5.10 Å². The molecule has 1 saturated heterocycles. The van der Waals surface area contributed by atoms with Gasteiger partial charge in [-0.1, -0.05) is 12.8 Å². The maximum absolute atomic E-state index is 12.4. The maximum atomic E-state index is 12.4. The number of likely N-dealkylation sites (tertiary alicyclic amines) is 1. The normalized spacial score (nSPS) is 21.4. The molecule has 1 N–H and O–H groups in total. The number of aromatic nitrogens is 3. The molecule has 27 heavy (non-hydrogen) atoms. The zero-order chi connectivity index (χ0) is 18.0. The van der Waals surface area contributed by atoms with Gasteiger partial charge in [-0.25, -0.2) is 9.48 Å². The third-order valence-electron chi connectivity index (χ3n) is 6.48. The molecule has 1 aliphatic carbocycles. The predicted octanol–water partition coefficient (Wildman–Crippen LogP) is 2.23. The number of aliphatic imine (C=N–C) groups is 1. The molecule has 2 aliphatic heterocycles. The summed E-state index contributed by atoms with van der Waals surface area (Å²) in [4.78, 5) is 19.3. The number of hydrogen-bond donors (Lipinski definition) is 1. The summed E-state index contributed by atoms with van der Waals surface area (Å²) in [6.07, 6.45) is 10.9. The van der Waals surface area contributed by atoms with Gasteiger partial charge in [0.05, 0.1) is 0 Å². The Labute approximate surface area is 178 Å². The largest absolute Gasteiger partial charge is 0.356 e. The molecule has 0 radical (unpaired) electrons. The fourth-order valence-electron chi connectivity index (χ4n) is 5.00. The lowest BCUT2D eigenvalue weighted by molar-refractivity contribution is 0.309. The van der Waals surface area contributed by atoms with Crippen LogP contribution >= 0.6 is 24.0 Å². The number of fused-ring (bicyclic) bond motifs is 1. The molecular formula is C19H33IN6O. The van der Waals surface area contributed by atoms with Gasteiger partial charge in [0, 0.05) is 46.2 Å². The van der Waals surface area contributed by atoms with E-state index in [-0.39, 0.29) is 29.7 Å². The van der Waals surface area contributed by atoms with Gasteiger partial charge in [-0.05, 0) is 43.9 Å². The number of nitrogens with zero attached hydrogens (tertiary/aromatic N) is 5. The first-order valence-corrected chi connectivity index (χ1v) is 10.3. The minimum Gasteiger partial charge on any atom is -0.356 e. The Hall–Kier alpha value is -1.06. The molecule has 8 heteroatoms. The van der Waals surface area contributed by atoms with E-state index in [0.717, 1.165) is 63.6 Å². The van der Waals surface area contributed by atoms with Crippen LogP contribution in [-0.4, -0.2) is 51.9 Å². The van der Waals surface area contributed by atoms with Crippen molar-refractivity contribution in [2.45, 2.75) is 70.9 Å². The Morgan fingerprint density at radius 3 is 2.74 bits per heavy atom. The van der Waals surface area contributed by atoms with Gasteiger partial charge >= 0.3 is 5.69 Å². The number of halogens is 1. The van der Waals surface area contributed by atoms with Gasteiger partial charge in [-0.15, -0.1) is 24.0 Å². The molecule has 1 saturated carbocycles. The Bertz CT molecular complexity index is 718. The van der Waals surface area contributed by atoms with Crippen molar-refractivity contribution < 1.29 is 0 Å². The van der Waals surface area contributed by atoms with Gasteiger partial charge in [0.15, 0.2) is 5.96 Å². The standard InChI is InChI=1S/C19H32N6O.HI/c1-20-17(23-14-10-19(15-23)8-3-4-9-19)21-11-6-13-25-18(26)24-12-5-2-7-16(24)22-25;/h2-15H2,1H3,(H,20,21);1H. The molecule has 1 aromatic heterocycles. The van der Waals surface area contributed by atoms with E-state index in [0.29, 0.717) is 12.0 Å². The number of aryl methyl sites for hydroxylation is 2. The van der Waals surface area contributed by atoms with Gasteiger partial charge in [0.1, 0.15) is 5.82 Å². The molecule has 2 fully saturated rings. The second-order valence-electron chi connectivity index (χ2n) is 8.24. The smallest absolute Gasteiger partial charge is 0.345 e. The van der Waals surface area contributed by atoms with Crippen molar-refractivity contribution >= 4 is 29.9 Å². The van der Waals surface area contributed by atoms with Crippen LogP contribution in [0.2, 0.25) is 0 Å². The molecule has 0 unspecified atom stereocenters. The first kappa shape index (κ1) is 20.7. The van der Waals surface area contributed by atoms with Crippen molar-refractivity contribution in [3.05, 3.63) is 16.3 Å². The van der Waals surface area contributed by atoms with Crippen LogP contribution < -0.4 is 11.0 Å². The number of nitrogens with one attached hydrogen (secondary N) is 1. The van der Waals surface area contributed by atoms with E-state index in [2.05, 4.69) is 20.3 Å². The van der Waals surface area contributed by atoms with Crippen molar-refractivity contribution in [1.29, 1.82) is 0 Å². The van der Waals surface area contributed by atoms with Crippen LogP contribution in [-0.2, 0) is 19.5 Å². The summed E-state index contributed by atoms with van der Waals surface area (Å²) in [5.74, 6) is 1.98. The molecule has 152 valence electrons. The predicted molar refractivity (Wildman–Crippen MR) is 118 cm³/mol. The third-order valence-corrected chi connectivity index (χ3v) is 6.48. The summed E-state index contributed by atoms with van der Waals surface area (Å²) in [6.45, 7) is 4.60. The van der Waals surface area contributed by atoms with Gasteiger partial charge in [0.2, 0.25) is 0 Å². The van der Waals surface area contributed by atoms with Crippen LogP contribution in [0.1, 0.15) is 57.2 Å². The number of rotatable bonds is 4. The minimum absolute atomic E-state index is 0. The first-order valence-electron chi connectivity index (χ1n) is 10.3. The molecule has 0 bridgehead atoms. The third kappa shape index (κ3) is 4.35. The Kier molecular flexibility index (Phi) is 6.86. The van der Waals surface area contributed by atoms with Crippen LogP contribution in [0.5, 0.6) is 0 Å². The van der Waals surface area contributed by atoms with E-state index in [9.17, 15) is 4.79 Å². The van der Waals surface area contributed by atoms with Gasteiger partial charge in [0.25, 0.3) is 0 Å². The van der Waals surface area contributed by atoms with Crippen molar-refractivity contribution in [2.75, 3.05) is 26.7 Å². The monoisotopic (exact) mass is 488 g/mol. The van der Waals surface area contributed by atoms with Crippen molar-refractivity contribution in [3.63, 3.8) is 0 Å². The fraction of sp³-hybridized carbons (Fsp3) is 0.842. The quantitative estimate of drug-likeness (QED) is 0.306. The SMILES string of the molecule is CN=C(NCCCn1nc2n(c1=O)CCCC2)N1CCC2(CCCC2)C1.I. The Balaban J connectivity index is 0.00000210. The Morgan fingerprint density at radius 1 is 1.19 bits per heavy atom. The molecule has 4 rings (SSSR count). The molecule has 0 atom stereocenters. The molecule has 1 spiro atoms. The second kappa shape index (κ2) is 8.96. The lowest BCUT2D eigenvalue weighted by Gasteiger charge is -2.25. The topological polar surface area (TPSA) is 67.5 Å². The summed E-state index contributed by atoms with van der Waals surface area (Å²) >= 11 is 0. The van der Waals surface area contributed by atoms with E-state index >= 15 is 0 Å². The summed E-state index contributed by atoms with van der Waals surface area (Å²) in [6, 6.07) is 0. The molecule has 0 aromatic carbocycles. The van der Waals surface area contributed by atoms with Crippen molar-refractivity contribution in [1.82, 2.24) is 24.6 Å². The molecular weight excluding hydrogens is 455 g/mol. The van der Waals surface area contributed by atoms with Crippen LogP contribution in [0.3, 0.4) is 0 Å². The van der Waals surface area contributed by atoms with E-state index < -0.39 is 0 Å². The average molecular weight is 488 g/mol. The molecule has 0 amide bonds. The molecule has 1 aromatic rings. The maximum Gasteiger partial charge on any atom is 0.345 e. The lowest BCUT2D eigenvalue weighted by atomic mass is 9.86. The van der Waals surface area contributed by atoms with E-state index in [4.69, 9.17) is 0 Å². The van der Waals surface area contributed by atoms with Crippen LogP contribution in [0.25, 0.3) is 0 Å². The second-order valence-corrected chi connectivity index (χ2v) is 8.24. The molecule has 3 aliphatic rings. The highest BCUT2D eigenvalue weighted by molar-refractivity contribution is 14.0. The van der Waals surface area contributed by atoms with Crippen LogP contribution in [0.15, 0.2) is 9.79 Å². The summed E-state index contributed by atoms with van der Waals surface area (Å²) in [7, 11) is 1.87. The average Bonchev–Trinajstić information content (AvgIpc) is 3.37. The van der Waals surface area contributed by atoms with E-state index in [1.807, 2.05) is 11.6 Å². The highest BCUT2D eigenvalue weighted by atomic mass is 127. The van der Waals surface area contributed by atoms with Gasteiger partial charge in [-0.3, -0.25) is 9.56 Å². The summed E-state index contributed by atoms with van der Waals surface area (Å²) in [5.41, 5.74) is 0.618. The van der Waals surface area contributed by atoms with Crippen molar-refractivity contribution in [3.8, 4) is 0 Å². The lowest BCUT2D eigenvalue weighted by Crippen LogP contribution is -2.41. The van der Waals surface area contributed by atoms with E-state index in [1.54, 1.807) is 4.68 Å². The summed E-state index contributed by atoms with van der Waals surface area (Å²) < 4.78 is 3.50. The highest BCUT2D eigenvalue weighted by Crippen LogP contribution is 2.45. The minimum atomic E-state index is 0. The number of hydrogen-bond acceptors (Lipinski definition) is 3. The van der Waals surface area contributed by atoms with Gasteiger partial charge < -0.3 is 10.2 Å². The fourth-order valence-corrected chi connectivity index (χ4v) is 5.00. The number of guanidine groups is 1. The van der Waals surface area contributed by atoms with Crippen LogP contribution in [0.4, 0.5) is 0 Å². The highest BCUT2D eigenvalue weighted by Gasteiger charge is 2.41. The zero-order valence-corrected chi connectivity index (χ0v) is 18.8. The van der Waals surface area contributed by atoms with Crippen LogP contribution in [0, 0.1) is 5.41 Å². The zero-order valence-electron chi connectivity index (χ0n) is 16.5. The Morgan fingerprint density at radius 2 is 2.00 bits per heavy atom. The summed E-state index contributed by atoms with van der Waals surface area (Å²) in [5, 5.41) is 8.01. The molecule has 3 heterocycles. The van der Waals surface area contributed by atoms with Crippen molar-refractivity contribution in [2.24, 2.45) is 10.4 Å². The molecule has 7 nitrogen and oxygen atoms in total. The first-order chi connectivity index (χ1) is 12.7.